The number of halogens is 1. The van der Waals surface area contributed by atoms with Crippen LogP contribution < -0.4 is 9.47 Å². The highest BCUT2D eigenvalue weighted by Gasteiger charge is 2.19. The molecular weight excluding hydrogens is 464 g/mol. The van der Waals surface area contributed by atoms with Crippen LogP contribution in [-0.2, 0) is 11.3 Å². The van der Waals surface area contributed by atoms with Gasteiger partial charge in [0.2, 0.25) is 0 Å². The first-order valence-electron chi connectivity index (χ1n) is 8.20. The average molecular weight is 479 g/mol. The van der Waals surface area contributed by atoms with E-state index in [2.05, 4.69) is 20.9 Å². The summed E-state index contributed by atoms with van der Waals surface area (Å²) in [6, 6.07) is 9.48. The summed E-state index contributed by atoms with van der Waals surface area (Å²) < 4.78 is 16.4. The van der Waals surface area contributed by atoms with Crippen molar-refractivity contribution < 1.29 is 23.9 Å². The molecule has 0 saturated heterocycles. The van der Waals surface area contributed by atoms with Crippen molar-refractivity contribution in [2.24, 2.45) is 0 Å². The molecule has 10 heteroatoms. The summed E-state index contributed by atoms with van der Waals surface area (Å²) in [4.78, 5) is 27.2. The Bertz CT molecular complexity index is 1070. The predicted molar refractivity (Wildman–Crippen MR) is 111 cm³/mol. The normalized spacial score (nSPS) is 10.4. The molecule has 0 atom stereocenters. The van der Waals surface area contributed by atoms with E-state index in [1.165, 1.54) is 30.6 Å². The molecule has 0 spiro atoms. The number of thiazole rings is 1. The Morgan fingerprint density at radius 3 is 2.59 bits per heavy atom. The number of hydrogen-bond acceptors (Lipinski definition) is 8. The Labute approximate surface area is 178 Å². The summed E-state index contributed by atoms with van der Waals surface area (Å²) in [6.45, 7) is -0.0640. The minimum Gasteiger partial charge on any atom is -0.496 e. The monoisotopic (exact) mass is 478 g/mol. The standard InChI is InChI=1S/C19H15BrN2O6S/c1-26-16-6-4-12(20)8-14(16)18-21-13(10-29-18)9-28-19(23)11-3-5-17(27-2)15(7-11)22(24)25/h3-8,10H,9H2,1-2H3. The molecule has 0 aliphatic heterocycles. The highest BCUT2D eigenvalue weighted by atomic mass is 79.9. The molecule has 1 aromatic heterocycles. The molecule has 0 aliphatic rings. The zero-order valence-corrected chi connectivity index (χ0v) is 17.8. The number of carbonyl (C=O) groups excluding carboxylic acids is 1. The molecule has 0 bridgehead atoms. The lowest BCUT2D eigenvalue weighted by molar-refractivity contribution is -0.385. The first-order valence-corrected chi connectivity index (χ1v) is 9.88. The predicted octanol–water partition coefficient (Wildman–Crippen LogP) is 4.86. The molecule has 0 radical (unpaired) electrons. The van der Waals surface area contributed by atoms with Crippen molar-refractivity contribution in [1.82, 2.24) is 4.98 Å². The highest BCUT2D eigenvalue weighted by molar-refractivity contribution is 9.10. The summed E-state index contributed by atoms with van der Waals surface area (Å²) in [5.41, 5.74) is 1.12. The molecule has 0 aliphatic carbocycles. The first kappa shape index (κ1) is 20.7. The van der Waals surface area contributed by atoms with Crippen molar-refractivity contribution in [3.05, 3.63) is 67.6 Å². The van der Waals surface area contributed by atoms with Crippen LogP contribution in [0.1, 0.15) is 16.1 Å². The van der Waals surface area contributed by atoms with Crippen LogP contribution >= 0.6 is 27.3 Å². The fourth-order valence-corrected chi connectivity index (χ4v) is 3.71. The third-order valence-electron chi connectivity index (χ3n) is 3.91. The molecule has 1 heterocycles. The number of carbonyl (C=O) groups is 1. The molecule has 0 amide bonds. The molecule has 0 unspecified atom stereocenters. The lowest BCUT2D eigenvalue weighted by atomic mass is 10.2. The van der Waals surface area contributed by atoms with Gasteiger partial charge < -0.3 is 14.2 Å². The third kappa shape index (κ3) is 4.72. The number of hydrogen-bond donors (Lipinski definition) is 0. The van der Waals surface area contributed by atoms with Gasteiger partial charge in [-0.25, -0.2) is 9.78 Å². The van der Waals surface area contributed by atoms with Gasteiger partial charge in [-0.2, -0.15) is 0 Å². The maximum Gasteiger partial charge on any atom is 0.338 e. The van der Waals surface area contributed by atoms with E-state index in [9.17, 15) is 14.9 Å². The van der Waals surface area contributed by atoms with Crippen LogP contribution in [0.4, 0.5) is 5.69 Å². The summed E-state index contributed by atoms with van der Waals surface area (Å²) in [5, 5.41) is 13.6. The molecular formula is C19H15BrN2O6S. The maximum absolute atomic E-state index is 12.3. The molecule has 150 valence electrons. The molecule has 3 rings (SSSR count). The number of nitro groups is 1. The van der Waals surface area contributed by atoms with Crippen LogP contribution in [0.15, 0.2) is 46.3 Å². The number of esters is 1. The van der Waals surface area contributed by atoms with Crippen molar-refractivity contribution in [3.8, 4) is 22.1 Å². The van der Waals surface area contributed by atoms with Crippen LogP contribution in [0.2, 0.25) is 0 Å². The lowest BCUT2D eigenvalue weighted by Gasteiger charge is -2.06. The molecule has 0 saturated carbocycles. The van der Waals surface area contributed by atoms with Crippen LogP contribution in [0, 0.1) is 10.1 Å². The molecule has 0 N–H and O–H groups in total. The summed E-state index contributed by atoms with van der Waals surface area (Å²) >= 11 is 4.82. The summed E-state index contributed by atoms with van der Waals surface area (Å²) in [6.07, 6.45) is 0. The number of rotatable bonds is 7. The quantitative estimate of drug-likeness (QED) is 0.271. The Kier molecular flexibility index (Phi) is 6.45. The smallest absolute Gasteiger partial charge is 0.338 e. The second kappa shape index (κ2) is 9.01. The van der Waals surface area contributed by atoms with E-state index in [0.29, 0.717) is 16.5 Å². The van der Waals surface area contributed by atoms with Gasteiger partial charge in [0, 0.05) is 15.9 Å². The maximum atomic E-state index is 12.3. The largest absolute Gasteiger partial charge is 0.496 e. The van der Waals surface area contributed by atoms with Gasteiger partial charge in [0.1, 0.15) is 17.4 Å². The Morgan fingerprint density at radius 2 is 1.90 bits per heavy atom. The van der Waals surface area contributed by atoms with Gasteiger partial charge in [0.15, 0.2) is 5.75 Å². The van der Waals surface area contributed by atoms with Crippen molar-refractivity contribution >= 4 is 38.9 Å². The van der Waals surface area contributed by atoms with Crippen LogP contribution in [-0.4, -0.2) is 30.1 Å². The molecule has 8 nitrogen and oxygen atoms in total. The van der Waals surface area contributed by atoms with Crippen molar-refractivity contribution in [2.45, 2.75) is 6.61 Å². The lowest BCUT2D eigenvalue weighted by Crippen LogP contribution is -2.06. The minimum absolute atomic E-state index is 0.0570. The number of nitro benzene ring substituents is 1. The summed E-state index contributed by atoms with van der Waals surface area (Å²) in [7, 11) is 2.90. The third-order valence-corrected chi connectivity index (χ3v) is 5.32. The molecule has 29 heavy (non-hydrogen) atoms. The Hall–Kier alpha value is -2.98. The van der Waals surface area contributed by atoms with Crippen molar-refractivity contribution in [1.29, 1.82) is 0 Å². The highest BCUT2D eigenvalue weighted by Crippen LogP contribution is 2.34. The van der Waals surface area contributed by atoms with Gasteiger partial charge in [-0.1, -0.05) is 15.9 Å². The number of methoxy groups -OCH3 is 2. The van der Waals surface area contributed by atoms with Gasteiger partial charge in [0.05, 0.1) is 36.0 Å². The van der Waals surface area contributed by atoms with E-state index in [1.807, 2.05) is 18.2 Å². The molecule has 0 fully saturated rings. The Morgan fingerprint density at radius 1 is 1.17 bits per heavy atom. The van der Waals surface area contributed by atoms with E-state index in [0.717, 1.165) is 16.1 Å². The van der Waals surface area contributed by atoms with E-state index in [1.54, 1.807) is 12.5 Å². The van der Waals surface area contributed by atoms with E-state index in [4.69, 9.17) is 14.2 Å². The Balaban J connectivity index is 1.73. The minimum atomic E-state index is -0.690. The van der Waals surface area contributed by atoms with E-state index >= 15 is 0 Å². The van der Waals surface area contributed by atoms with E-state index < -0.39 is 10.9 Å². The zero-order valence-electron chi connectivity index (χ0n) is 15.4. The molecule has 3 aromatic rings. The number of aromatic nitrogens is 1. The average Bonchev–Trinajstić information content (AvgIpc) is 3.20. The van der Waals surface area contributed by atoms with Crippen LogP contribution in [0.3, 0.4) is 0 Å². The fraction of sp³-hybridized carbons (Fsp3) is 0.158. The van der Waals surface area contributed by atoms with E-state index in [-0.39, 0.29) is 23.6 Å². The van der Waals surface area contributed by atoms with Crippen LogP contribution in [0.25, 0.3) is 10.6 Å². The molecule has 2 aromatic carbocycles. The van der Waals surface area contributed by atoms with Crippen molar-refractivity contribution in [3.63, 3.8) is 0 Å². The van der Waals surface area contributed by atoms with Gasteiger partial charge in [-0.3, -0.25) is 10.1 Å². The number of nitrogens with zero attached hydrogens (tertiary/aromatic N) is 2. The second-order valence-electron chi connectivity index (χ2n) is 5.71. The van der Waals surface area contributed by atoms with Crippen LogP contribution in [0.5, 0.6) is 11.5 Å². The fourth-order valence-electron chi connectivity index (χ4n) is 2.53. The topological polar surface area (TPSA) is 101 Å². The van der Waals surface area contributed by atoms with Gasteiger partial charge in [0.25, 0.3) is 0 Å². The first-order chi connectivity index (χ1) is 13.9. The van der Waals surface area contributed by atoms with Crippen molar-refractivity contribution in [2.75, 3.05) is 14.2 Å². The van der Waals surface area contributed by atoms with Gasteiger partial charge in [-0.15, -0.1) is 11.3 Å². The SMILES string of the molecule is COc1ccc(Br)cc1-c1nc(COC(=O)c2ccc(OC)c([N+](=O)[O-])c2)cs1. The van der Waals surface area contributed by atoms with Gasteiger partial charge >= 0.3 is 11.7 Å². The number of ether oxygens (including phenoxy) is 3. The second-order valence-corrected chi connectivity index (χ2v) is 7.48. The summed E-state index contributed by atoms with van der Waals surface area (Å²) in [5.74, 6) is 0.0561. The van der Waals surface area contributed by atoms with Gasteiger partial charge in [-0.05, 0) is 30.3 Å². The zero-order chi connectivity index (χ0) is 21.0. The number of benzene rings is 2.